The zero-order chi connectivity index (χ0) is 12.1. The number of pyridine rings is 1. The van der Waals surface area contributed by atoms with E-state index in [1.165, 1.54) is 0 Å². The summed E-state index contributed by atoms with van der Waals surface area (Å²) in [6, 6.07) is 6.40. The molecule has 1 aromatic heterocycles. The molecule has 4 heteroatoms. The fraction of sp³-hybridized carbons (Fsp3) is 0.538. The summed E-state index contributed by atoms with van der Waals surface area (Å²) in [6.45, 7) is 2.67. The molecule has 0 atom stereocenters. The Bertz CT molecular complexity index is 388. The highest BCUT2D eigenvalue weighted by atomic mass is 15.1. The van der Waals surface area contributed by atoms with Gasteiger partial charge in [0.1, 0.15) is 5.54 Å². The van der Waals surface area contributed by atoms with Crippen LogP contribution in [0.4, 0.5) is 0 Å². The highest BCUT2D eigenvalue weighted by Gasteiger charge is 2.32. The summed E-state index contributed by atoms with van der Waals surface area (Å²) in [6.07, 6.45) is 5.38. The molecule has 0 aliphatic carbocycles. The molecular weight excluding hydrogens is 212 g/mol. The molecule has 0 amide bonds. The maximum absolute atomic E-state index is 9.36. The van der Waals surface area contributed by atoms with Crippen LogP contribution in [0, 0.1) is 11.3 Å². The molecule has 1 fully saturated rings. The number of aromatic nitrogens is 1. The van der Waals surface area contributed by atoms with Gasteiger partial charge < -0.3 is 4.90 Å². The Balaban J connectivity index is 1.95. The number of nitriles is 1. The van der Waals surface area contributed by atoms with Crippen molar-refractivity contribution in [3.8, 4) is 6.07 Å². The van der Waals surface area contributed by atoms with E-state index in [1.807, 2.05) is 18.3 Å². The molecule has 90 valence electrons. The van der Waals surface area contributed by atoms with E-state index in [0.717, 1.165) is 31.5 Å². The largest absolute Gasteiger partial charge is 0.306 e. The van der Waals surface area contributed by atoms with Crippen molar-refractivity contribution in [2.24, 2.45) is 0 Å². The molecule has 2 rings (SSSR count). The van der Waals surface area contributed by atoms with Gasteiger partial charge in [-0.15, -0.1) is 0 Å². The van der Waals surface area contributed by atoms with E-state index in [0.29, 0.717) is 6.54 Å². The van der Waals surface area contributed by atoms with Crippen LogP contribution in [0.25, 0.3) is 0 Å². The van der Waals surface area contributed by atoms with Gasteiger partial charge in [-0.2, -0.15) is 5.26 Å². The molecule has 4 nitrogen and oxygen atoms in total. The van der Waals surface area contributed by atoms with Crippen LogP contribution in [0.3, 0.4) is 0 Å². The maximum atomic E-state index is 9.36. The molecule has 1 aliphatic rings. The molecule has 0 aromatic carbocycles. The Morgan fingerprint density at radius 3 is 2.88 bits per heavy atom. The summed E-state index contributed by atoms with van der Waals surface area (Å²) < 4.78 is 0. The lowest BCUT2D eigenvalue weighted by Gasteiger charge is -2.36. The van der Waals surface area contributed by atoms with Crippen molar-refractivity contribution in [1.82, 2.24) is 15.2 Å². The van der Waals surface area contributed by atoms with Gasteiger partial charge in [0, 0.05) is 32.0 Å². The normalized spacial score (nSPS) is 19.8. The molecule has 0 spiro atoms. The molecule has 0 radical (unpaired) electrons. The number of rotatable bonds is 3. The van der Waals surface area contributed by atoms with Gasteiger partial charge in [-0.1, -0.05) is 6.07 Å². The number of likely N-dealkylation sites (tertiary alicyclic amines) is 1. The van der Waals surface area contributed by atoms with Crippen LogP contribution < -0.4 is 5.32 Å². The zero-order valence-electron chi connectivity index (χ0n) is 10.2. The highest BCUT2D eigenvalue weighted by Crippen LogP contribution is 2.21. The first-order valence-corrected chi connectivity index (χ1v) is 5.98. The van der Waals surface area contributed by atoms with Crippen LogP contribution in [0.5, 0.6) is 0 Å². The summed E-state index contributed by atoms with van der Waals surface area (Å²) in [7, 11) is 2.10. The monoisotopic (exact) mass is 230 g/mol. The highest BCUT2D eigenvalue weighted by molar-refractivity contribution is 5.13. The summed E-state index contributed by atoms with van der Waals surface area (Å²) in [5, 5.41) is 12.8. The molecule has 1 aromatic rings. The lowest BCUT2D eigenvalue weighted by atomic mass is 9.89. The molecule has 17 heavy (non-hydrogen) atoms. The van der Waals surface area contributed by atoms with Gasteiger partial charge in [0.25, 0.3) is 0 Å². The summed E-state index contributed by atoms with van der Waals surface area (Å²) in [4.78, 5) is 6.34. The lowest BCUT2D eigenvalue weighted by molar-refractivity contribution is 0.194. The Labute approximate surface area is 102 Å². The summed E-state index contributed by atoms with van der Waals surface area (Å²) >= 11 is 0. The van der Waals surface area contributed by atoms with E-state index in [1.54, 1.807) is 6.20 Å². The van der Waals surface area contributed by atoms with Gasteiger partial charge in [0.05, 0.1) is 6.07 Å². The maximum Gasteiger partial charge on any atom is 0.109 e. The van der Waals surface area contributed by atoms with Crippen LogP contribution in [0.2, 0.25) is 0 Å². The molecule has 1 N–H and O–H groups in total. The molecule has 1 aliphatic heterocycles. The van der Waals surface area contributed by atoms with Crippen LogP contribution in [0.1, 0.15) is 18.4 Å². The van der Waals surface area contributed by atoms with Crippen LogP contribution in [-0.2, 0) is 6.54 Å². The van der Waals surface area contributed by atoms with E-state index >= 15 is 0 Å². The van der Waals surface area contributed by atoms with Gasteiger partial charge in [-0.05, 0) is 31.5 Å². The van der Waals surface area contributed by atoms with Crippen molar-refractivity contribution in [1.29, 1.82) is 5.26 Å². The lowest BCUT2D eigenvalue weighted by Crippen LogP contribution is -2.51. The zero-order valence-corrected chi connectivity index (χ0v) is 10.2. The van der Waals surface area contributed by atoms with Crippen molar-refractivity contribution in [3.63, 3.8) is 0 Å². The molecule has 0 saturated carbocycles. The average Bonchev–Trinajstić information content (AvgIpc) is 2.40. The quantitative estimate of drug-likeness (QED) is 0.846. The minimum atomic E-state index is -0.359. The SMILES string of the molecule is CN1CCC(C#N)(NCc2cccnc2)CC1. The predicted molar refractivity (Wildman–Crippen MR) is 66.2 cm³/mol. The first kappa shape index (κ1) is 12.0. The van der Waals surface area contributed by atoms with Crippen molar-refractivity contribution >= 4 is 0 Å². The van der Waals surface area contributed by atoms with Gasteiger partial charge in [0.15, 0.2) is 0 Å². The second-order valence-electron chi connectivity index (χ2n) is 4.71. The molecule has 0 unspecified atom stereocenters. The molecule has 1 saturated heterocycles. The van der Waals surface area contributed by atoms with E-state index in [4.69, 9.17) is 0 Å². The Kier molecular flexibility index (Phi) is 3.72. The second-order valence-corrected chi connectivity index (χ2v) is 4.71. The van der Waals surface area contributed by atoms with Crippen LogP contribution in [-0.4, -0.2) is 35.6 Å². The fourth-order valence-corrected chi connectivity index (χ4v) is 2.10. The van der Waals surface area contributed by atoms with E-state index in [2.05, 4.69) is 28.3 Å². The number of hydrogen-bond acceptors (Lipinski definition) is 4. The first-order chi connectivity index (χ1) is 8.24. The minimum absolute atomic E-state index is 0.359. The Morgan fingerprint density at radius 1 is 1.53 bits per heavy atom. The van der Waals surface area contributed by atoms with Gasteiger partial charge in [0.2, 0.25) is 0 Å². The smallest absolute Gasteiger partial charge is 0.109 e. The number of piperidine rings is 1. The standard InChI is InChI=1S/C13H18N4/c1-17-7-4-13(11-14,5-8-17)16-10-12-3-2-6-15-9-12/h2-3,6,9,16H,4-5,7-8,10H2,1H3. The molecular formula is C13H18N4. The van der Waals surface area contributed by atoms with Gasteiger partial charge >= 0.3 is 0 Å². The third-order valence-corrected chi connectivity index (χ3v) is 3.41. The third-order valence-electron chi connectivity index (χ3n) is 3.41. The third kappa shape index (κ3) is 3.02. The van der Waals surface area contributed by atoms with Crippen molar-refractivity contribution in [2.45, 2.75) is 24.9 Å². The van der Waals surface area contributed by atoms with E-state index < -0.39 is 0 Å². The van der Waals surface area contributed by atoms with Crippen molar-refractivity contribution in [3.05, 3.63) is 30.1 Å². The average molecular weight is 230 g/mol. The molecule has 0 bridgehead atoms. The Morgan fingerprint density at radius 2 is 2.29 bits per heavy atom. The first-order valence-electron chi connectivity index (χ1n) is 5.98. The van der Waals surface area contributed by atoms with Crippen molar-refractivity contribution in [2.75, 3.05) is 20.1 Å². The number of hydrogen-bond donors (Lipinski definition) is 1. The topological polar surface area (TPSA) is 52.0 Å². The van der Waals surface area contributed by atoms with E-state index in [9.17, 15) is 5.26 Å². The summed E-state index contributed by atoms with van der Waals surface area (Å²) in [5.41, 5.74) is 0.767. The number of nitrogens with one attached hydrogen (secondary N) is 1. The predicted octanol–water partition coefficient (Wildman–Crippen LogP) is 1.16. The van der Waals surface area contributed by atoms with E-state index in [-0.39, 0.29) is 5.54 Å². The number of nitrogens with zero attached hydrogens (tertiary/aromatic N) is 3. The van der Waals surface area contributed by atoms with Gasteiger partial charge in [-0.3, -0.25) is 10.3 Å². The van der Waals surface area contributed by atoms with Crippen LogP contribution in [0.15, 0.2) is 24.5 Å². The van der Waals surface area contributed by atoms with Gasteiger partial charge in [-0.25, -0.2) is 0 Å². The molecule has 2 heterocycles. The van der Waals surface area contributed by atoms with Crippen molar-refractivity contribution < 1.29 is 0 Å². The Hall–Kier alpha value is -1.44. The second kappa shape index (κ2) is 5.26. The fourth-order valence-electron chi connectivity index (χ4n) is 2.10. The summed E-state index contributed by atoms with van der Waals surface area (Å²) in [5.74, 6) is 0. The minimum Gasteiger partial charge on any atom is -0.306 e. The van der Waals surface area contributed by atoms with Crippen LogP contribution >= 0.6 is 0 Å².